The van der Waals surface area contributed by atoms with Gasteiger partial charge in [-0.25, -0.2) is 9.47 Å². The molecule has 0 saturated carbocycles. The van der Waals surface area contributed by atoms with Crippen molar-refractivity contribution in [3.63, 3.8) is 0 Å². The number of benzene rings is 1. The third kappa shape index (κ3) is 4.95. The molecule has 2 saturated heterocycles. The average Bonchev–Trinajstić information content (AvgIpc) is 2.88. The number of amides is 1. The van der Waals surface area contributed by atoms with Crippen LogP contribution in [0.2, 0.25) is 0 Å². The minimum atomic E-state index is -0.198. The molecule has 2 aromatic rings. The first kappa shape index (κ1) is 23.2. The van der Waals surface area contributed by atoms with Crippen LogP contribution >= 0.6 is 11.8 Å². The van der Waals surface area contributed by atoms with Crippen LogP contribution in [0.3, 0.4) is 0 Å². The molecule has 3 heterocycles. The van der Waals surface area contributed by atoms with Crippen molar-refractivity contribution in [3.8, 4) is 0 Å². The zero-order valence-corrected chi connectivity index (χ0v) is 20.8. The summed E-state index contributed by atoms with van der Waals surface area (Å²) in [7, 11) is 2.12. The molecule has 0 bridgehead atoms. The van der Waals surface area contributed by atoms with Crippen molar-refractivity contribution in [2.24, 2.45) is 0 Å². The topological polar surface area (TPSA) is 64.9 Å². The largest absolute Gasteiger partial charge is 0.368 e. The minimum Gasteiger partial charge on any atom is -0.368 e. The van der Waals surface area contributed by atoms with E-state index in [1.165, 1.54) is 23.0 Å². The molecule has 9 heteroatoms. The van der Waals surface area contributed by atoms with E-state index in [9.17, 15) is 9.59 Å². The molecule has 0 spiro atoms. The molecule has 3 aliphatic rings. The van der Waals surface area contributed by atoms with E-state index < -0.39 is 0 Å². The van der Waals surface area contributed by atoms with E-state index in [1.807, 2.05) is 15.6 Å². The van der Waals surface area contributed by atoms with Gasteiger partial charge in [0.1, 0.15) is 5.03 Å². The Bertz CT molecular complexity index is 1060. The van der Waals surface area contributed by atoms with Crippen molar-refractivity contribution in [2.75, 3.05) is 75.1 Å². The Balaban J connectivity index is 1.25. The standard InChI is InChI=1S/C25H34N6O2S/c1-27-11-17-30(18-12-27)31-22-10-6-5-9-21(22)24(26-25(31)33)34-19-23(32)29-15-13-28(14-16-29)20-7-3-2-4-8-20/h2-4,7-8H,5-6,9-19H2,1H3. The number of para-hydroxylation sites is 1. The Hall–Kier alpha value is -2.52. The van der Waals surface area contributed by atoms with Gasteiger partial charge >= 0.3 is 5.69 Å². The molecular weight excluding hydrogens is 448 g/mol. The predicted molar refractivity (Wildman–Crippen MR) is 137 cm³/mol. The van der Waals surface area contributed by atoms with Gasteiger partial charge in [0.25, 0.3) is 0 Å². The number of hydrogen-bond donors (Lipinski definition) is 0. The Morgan fingerprint density at radius 1 is 0.941 bits per heavy atom. The summed E-state index contributed by atoms with van der Waals surface area (Å²) in [5.74, 6) is 0.468. The van der Waals surface area contributed by atoms with Crippen LogP contribution in [-0.4, -0.2) is 90.5 Å². The number of likely N-dealkylation sites (N-methyl/N-ethyl adjacent to an activating group) is 1. The number of fused-ring (bicyclic) bond motifs is 1. The van der Waals surface area contributed by atoms with Gasteiger partial charge in [-0.1, -0.05) is 30.0 Å². The van der Waals surface area contributed by atoms with Gasteiger partial charge in [-0.15, -0.1) is 0 Å². The number of nitrogens with zero attached hydrogens (tertiary/aromatic N) is 6. The lowest BCUT2D eigenvalue weighted by atomic mass is 9.97. The third-order valence-corrected chi connectivity index (χ3v) is 8.18. The first-order valence-corrected chi connectivity index (χ1v) is 13.4. The Morgan fingerprint density at radius 3 is 2.38 bits per heavy atom. The number of hydrogen-bond acceptors (Lipinski definition) is 7. The molecule has 0 radical (unpaired) electrons. The SMILES string of the molecule is CN1CCN(n2c3c(c(SCC(=O)N4CCN(c5ccccc5)CC4)nc2=O)CCCC3)CC1. The van der Waals surface area contributed by atoms with Crippen LogP contribution in [0, 0.1) is 0 Å². The predicted octanol–water partition coefficient (Wildman–Crippen LogP) is 1.45. The number of aromatic nitrogens is 2. The van der Waals surface area contributed by atoms with Gasteiger partial charge in [-0.2, -0.15) is 4.98 Å². The summed E-state index contributed by atoms with van der Waals surface area (Å²) < 4.78 is 1.84. The number of piperazine rings is 2. The smallest absolute Gasteiger partial charge is 0.367 e. The minimum absolute atomic E-state index is 0.132. The maximum atomic E-state index is 13.1. The van der Waals surface area contributed by atoms with Crippen molar-refractivity contribution >= 4 is 23.4 Å². The van der Waals surface area contributed by atoms with Crippen LogP contribution in [0.25, 0.3) is 0 Å². The van der Waals surface area contributed by atoms with Crippen molar-refractivity contribution < 1.29 is 4.79 Å². The van der Waals surface area contributed by atoms with E-state index in [2.05, 4.69) is 51.1 Å². The molecule has 2 fully saturated rings. The van der Waals surface area contributed by atoms with Crippen molar-refractivity contribution in [1.82, 2.24) is 19.5 Å². The monoisotopic (exact) mass is 482 g/mol. The van der Waals surface area contributed by atoms with Gasteiger partial charge in [0, 0.05) is 63.6 Å². The Morgan fingerprint density at radius 2 is 1.65 bits per heavy atom. The van der Waals surface area contributed by atoms with Gasteiger partial charge in [-0.05, 0) is 44.9 Å². The van der Waals surface area contributed by atoms with Gasteiger partial charge in [0.15, 0.2) is 0 Å². The molecule has 0 N–H and O–H groups in total. The molecule has 5 rings (SSSR count). The summed E-state index contributed by atoms with van der Waals surface area (Å²) in [6.07, 6.45) is 4.04. The van der Waals surface area contributed by atoms with Gasteiger partial charge in [-0.3, -0.25) is 4.79 Å². The number of thioether (sulfide) groups is 1. The summed E-state index contributed by atoms with van der Waals surface area (Å²) in [4.78, 5) is 37.1. The highest BCUT2D eigenvalue weighted by Gasteiger charge is 2.26. The molecule has 34 heavy (non-hydrogen) atoms. The first-order chi connectivity index (χ1) is 16.6. The summed E-state index contributed by atoms with van der Waals surface area (Å²) in [6.45, 7) is 6.71. The van der Waals surface area contributed by atoms with Gasteiger partial charge in [0.2, 0.25) is 5.91 Å². The second kappa shape index (κ2) is 10.4. The zero-order valence-electron chi connectivity index (χ0n) is 20.0. The molecule has 1 amide bonds. The molecule has 2 aliphatic heterocycles. The van der Waals surface area contributed by atoms with E-state index >= 15 is 0 Å². The molecule has 1 aromatic carbocycles. The fourth-order valence-electron chi connectivity index (χ4n) is 5.15. The van der Waals surface area contributed by atoms with Crippen LogP contribution in [0.5, 0.6) is 0 Å². The molecule has 1 aliphatic carbocycles. The van der Waals surface area contributed by atoms with Crippen molar-refractivity contribution in [3.05, 3.63) is 52.1 Å². The zero-order chi connectivity index (χ0) is 23.5. The summed E-state index contributed by atoms with van der Waals surface area (Å²) in [5, 5.41) is 2.92. The average molecular weight is 483 g/mol. The normalized spacial score (nSPS) is 19.3. The number of carbonyl (C=O) groups excluding carboxylic acids is 1. The second-order valence-corrected chi connectivity index (χ2v) is 10.4. The highest BCUT2D eigenvalue weighted by Crippen LogP contribution is 2.29. The molecule has 1 aromatic heterocycles. The number of rotatable bonds is 5. The molecule has 0 atom stereocenters. The van der Waals surface area contributed by atoms with Crippen molar-refractivity contribution in [1.29, 1.82) is 0 Å². The van der Waals surface area contributed by atoms with Crippen LogP contribution in [0.15, 0.2) is 40.2 Å². The van der Waals surface area contributed by atoms with Crippen LogP contribution in [0.4, 0.5) is 5.69 Å². The lowest BCUT2D eigenvalue weighted by Gasteiger charge is -2.37. The second-order valence-electron chi connectivity index (χ2n) is 9.39. The molecular formula is C25H34N6O2S. The fourth-order valence-corrected chi connectivity index (χ4v) is 6.13. The first-order valence-electron chi connectivity index (χ1n) is 12.4. The Labute approximate surface area is 205 Å². The van der Waals surface area contributed by atoms with E-state index in [-0.39, 0.29) is 11.6 Å². The maximum absolute atomic E-state index is 13.1. The number of anilines is 1. The van der Waals surface area contributed by atoms with E-state index in [4.69, 9.17) is 0 Å². The summed E-state index contributed by atoms with van der Waals surface area (Å²) in [6, 6.07) is 10.4. The lowest BCUT2D eigenvalue weighted by molar-refractivity contribution is -0.128. The van der Waals surface area contributed by atoms with Gasteiger partial charge in [0.05, 0.1) is 11.4 Å². The summed E-state index contributed by atoms with van der Waals surface area (Å²) in [5.41, 5.74) is 3.30. The lowest BCUT2D eigenvalue weighted by Crippen LogP contribution is -2.55. The maximum Gasteiger partial charge on any atom is 0.367 e. The highest BCUT2D eigenvalue weighted by molar-refractivity contribution is 7.99. The van der Waals surface area contributed by atoms with E-state index in [0.29, 0.717) is 5.75 Å². The van der Waals surface area contributed by atoms with E-state index in [1.54, 1.807) is 0 Å². The van der Waals surface area contributed by atoms with Gasteiger partial charge < -0.3 is 19.7 Å². The molecule has 0 unspecified atom stereocenters. The highest BCUT2D eigenvalue weighted by atomic mass is 32.2. The van der Waals surface area contributed by atoms with E-state index in [0.717, 1.165) is 88.8 Å². The Kier molecular flexibility index (Phi) is 7.10. The third-order valence-electron chi connectivity index (χ3n) is 7.18. The quantitative estimate of drug-likeness (QED) is 0.472. The van der Waals surface area contributed by atoms with Crippen LogP contribution in [0.1, 0.15) is 24.1 Å². The van der Waals surface area contributed by atoms with Crippen molar-refractivity contribution in [2.45, 2.75) is 30.7 Å². The van der Waals surface area contributed by atoms with Crippen LogP contribution in [-0.2, 0) is 17.6 Å². The fraction of sp³-hybridized carbons (Fsp3) is 0.560. The molecule has 182 valence electrons. The molecule has 8 nitrogen and oxygen atoms in total. The summed E-state index contributed by atoms with van der Waals surface area (Å²) >= 11 is 1.45. The number of carbonyl (C=O) groups is 1. The van der Waals surface area contributed by atoms with Crippen LogP contribution < -0.4 is 15.6 Å².